The Bertz CT molecular complexity index is 1060. The topological polar surface area (TPSA) is 62.5 Å². The Labute approximate surface area is 155 Å². The number of thiophene rings is 1. The number of fused-ring (bicyclic) bond motifs is 2. The molecule has 1 aliphatic rings. The van der Waals surface area contributed by atoms with Crippen LogP contribution in [0.4, 0.5) is 5.82 Å². The summed E-state index contributed by atoms with van der Waals surface area (Å²) >= 11 is 1.75. The molecule has 26 heavy (non-hydrogen) atoms. The molecule has 3 heterocycles. The van der Waals surface area contributed by atoms with Gasteiger partial charge in [0.2, 0.25) is 0 Å². The Kier molecular flexibility index (Phi) is 3.87. The normalized spacial score (nSPS) is 20.7. The van der Waals surface area contributed by atoms with Gasteiger partial charge in [-0.1, -0.05) is 18.2 Å². The maximum atomic E-state index is 9.68. The summed E-state index contributed by atoms with van der Waals surface area (Å²) in [6.45, 7) is 0. The number of aliphatic hydroxyl groups excluding tert-OH is 1. The number of nitrogens with zero attached hydrogens (tertiary/aromatic N) is 3. The number of hydrogen-bond acceptors (Lipinski definition) is 5. The molecule has 2 N–H and O–H groups in total. The fourth-order valence-electron chi connectivity index (χ4n) is 3.74. The van der Waals surface area contributed by atoms with Crippen molar-refractivity contribution < 1.29 is 5.11 Å². The van der Waals surface area contributed by atoms with Crippen molar-refractivity contribution >= 4 is 32.9 Å². The smallest absolute Gasteiger partial charge is 0.154 e. The van der Waals surface area contributed by atoms with Crippen LogP contribution < -0.4 is 5.32 Å². The molecule has 0 amide bonds. The number of imidazole rings is 1. The van der Waals surface area contributed by atoms with Gasteiger partial charge in [-0.3, -0.25) is 0 Å². The summed E-state index contributed by atoms with van der Waals surface area (Å²) in [5, 5.41) is 21.4. The molecule has 5 rings (SSSR count). The van der Waals surface area contributed by atoms with Crippen LogP contribution in [0.25, 0.3) is 27.0 Å². The summed E-state index contributed by atoms with van der Waals surface area (Å²) < 4.78 is 3.20. The second kappa shape index (κ2) is 6.37. The van der Waals surface area contributed by atoms with Crippen molar-refractivity contribution in [2.24, 2.45) is 0 Å². The van der Waals surface area contributed by atoms with E-state index in [2.05, 4.69) is 39.9 Å². The molecule has 0 unspecified atom stereocenters. The molecule has 132 valence electrons. The SMILES string of the molecule is OC1CCC(Nc2ccc3ncc(-c4csc5ccccc45)n3n2)CC1. The van der Waals surface area contributed by atoms with E-state index in [1.54, 1.807) is 11.3 Å². The highest BCUT2D eigenvalue weighted by atomic mass is 32.1. The molecular formula is C20H20N4OS. The molecule has 4 aromatic rings. The summed E-state index contributed by atoms with van der Waals surface area (Å²) in [4.78, 5) is 4.52. The van der Waals surface area contributed by atoms with Crippen LogP contribution in [0.3, 0.4) is 0 Å². The molecule has 0 saturated heterocycles. The van der Waals surface area contributed by atoms with E-state index in [0.717, 1.165) is 42.8 Å². The van der Waals surface area contributed by atoms with E-state index in [4.69, 9.17) is 5.10 Å². The number of benzene rings is 1. The van der Waals surface area contributed by atoms with E-state index in [-0.39, 0.29) is 6.10 Å². The number of hydrogen-bond donors (Lipinski definition) is 2. The van der Waals surface area contributed by atoms with Crippen LogP contribution in [0.5, 0.6) is 0 Å². The second-order valence-corrected chi connectivity index (χ2v) is 7.84. The third-order valence-electron chi connectivity index (χ3n) is 5.17. The Balaban J connectivity index is 1.51. The van der Waals surface area contributed by atoms with Crippen LogP contribution in [0.1, 0.15) is 25.7 Å². The zero-order valence-electron chi connectivity index (χ0n) is 14.3. The first kappa shape index (κ1) is 15.8. The molecular weight excluding hydrogens is 344 g/mol. The molecule has 1 aromatic carbocycles. The number of aromatic nitrogens is 3. The first-order chi connectivity index (χ1) is 12.8. The first-order valence-corrected chi connectivity index (χ1v) is 9.92. The monoisotopic (exact) mass is 364 g/mol. The Morgan fingerprint density at radius 1 is 1.08 bits per heavy atom. The van der Waals surface area contributed by atoms with Crippen LogP contribution >= 0.6 is 11.3 Å². The van der Waals surface area contributed by atoms with Gasteiger partial charge in [-0.25, -0.2) is 9.50 Å². The molecule has 6 heteroatoms. The fraction of sp³-hybridized carbons (Fsp3) is 0.300. The van der Waals surface area contributed by atoms with E-state index in [1.165, 1.54) is 15.6 Å². The zero-order chi connectivity index (χ0) is 17.5. The lowest BCUT2D eigenvalue weighted by Gasteiger charge is -2.26. The average Bonchev–Trinajstić information content (AvgIpc) is 3.27. The van der Waals surface area contributed by atoms with Gasteiger partial charge in [-0.2, -0.15) is 0 Å². The lowest BCUT2D eigenvalue weighted by Crippen LogP contribution is -2.28. The Morgan fingerprint density at radius 2 is 1.92 bits per heavy atom. The summed E-state index contributed by atoms with van der Waals surface area (Å²) in [6, 6.07) is 12.8. The predicted molar refractivity (Wildman–Crippen MR) is 106 cm³/mol. The van der Waals surface area contributed by atoms with Crippen molar-refractivity contribution in [3.63, 3.8) is 0 Å². The van der Waals surface area contributed by atoms with Crippen molar-refractivity contribution in [1.29, 1.82) is 0 Å². The quantitative estimate of drug-likeness (QED) is 0.568. The van der Waals surface area contributed by atoms with E-state index in [9.17, 15) is 5.11 Å². The summed E-state index contributed by atoms with van der Waals surface area (Å²) in [6.07, 6.45) is 5.43. The van der Waals surface area contributed by atoms with Gasteiger partial charge in [0, 0.05) is 27.1 Å². The van der Waals surface area contributed by atoms with Crippen LogP contribution in [-0.4, -0.2) is 31.9 Å². The molecule has 5 nitrogen and oxygen atoms in total. The summed E-state index contributed by atoms with van der Waals surface area (Å²) in [7, 11) is 0. The second-order valence-electron chi connectivity index (χ2n) is 6.93. The maximum Gasteiger partial charge on any atom is 0.154 e. The van der Waals surface area contributed by atoms with Crippen molar-refractivity contribution in [3.05, 3.63) is 48.0 Å². The van der Waals surface area contributed by atoms with Gasteiger partial charge in [0.05, 0.1) is 18.0 Å². The minimum atomic E-state index is -0.143. The van der Waals surface area contributed by atoms with Gasteiger partial charge < -0.3 is 10.4 Å². The highest BCUT2D eigenvalue weighted by molar-refractivity contribution is 7.17. The van der Waals surface area contributed by atoms with Crippen molar-refractivity contribution in [3.8, 4) is 11.3 Å². The molecule has 0 bridgehead atoms. The summed E-state index contributed by atoms with van der Waals surface area (Å²) in [5.41, 5.74) is 3.03. The lowest BCUT2D eigenvalue weighted by atomic mass is 9.93. The molecule has 0 atom stereocenters. The van der Waals surface area contributed by atoms with E-state index in [1.807, 2.05) is 22.8 Å². The first-order valence-electron chi connectivity index (χ1n) is 9.04. The van der Waals surface area contributed by atoms with Gasteiger partial charge in [-0.05, 0) is 43.9 Å². The standard InChI is InChI=1S/C20H20N4OS/c25-14-7-5-13(6-8-14)22-19-9-10-20-21-11-17(24(20)23-19)16-12-26-18-4-2-1-3-15(16)18/h1-4,9-14,25H,5-8H2,(H,22,23). The molecule has 1 fully saturated rings. The minimum absolute atomic E-state index is 0.143. The molecule has 0 radical (unpaired) electrons. The Hall–Kier alpha value is -2.44. The Morgan fingerprint density at radius 3 is 2.81 bits per heavy atom. The molecule has 1 saturated carbocycles. The van der Waals surface area contributed by atoms with Crippen LogP contribution in [0.2, 0.25) is 0 Å². The highest BCUT2D eigenvalue weighted by Crippen LogP contribution is 2.34. The molecule has 0 spiro atoms. The number of aliphatic hydroxyl groups is 1. The maximum absolute atomic E-state index is 9.68. The number of anilines is 1. The van der Waals surface area contributed by atoms with Crippen LogP contribution in [0.15, 0.2) is 48.0 Å². The van der Waals surface area contributed by atoms with Crippen LogP contribution in [0, 0.1) is 0 Å². The largest absolute Gasteiger partial charge is 0.393 e. The molecule has 0 aliphatic heterocycles. The van der Waals surface area contributed by atoms with Crippen molar-refractivity contribution in [2.75, 3.05) is 5.32 Å². The molecule has 3 aromatic heterocycles. The highest BCUT2D eigenvalue weighted by Gasteiger charge is 2.20. The summed E-state index contributed by atoms with van der Waals surface area (Å²) in [5.74, 6) is 0.859. The van der Waals surface area contributed by atoms with Gasteiger partial charge in [-0.15, -0.1) is 16.4 Å². The zero-order valence-corrected chi connectivity index (χ0v) is 15.1. The fourth-order valence-corrected chi connectivity index (χ4v) is 4.69. The van der Waals surface area contributed by atoms with Gasteiger partial charge >= 0.3 is 0 Å². The van der Waals surface area contributed by atoms with Gasteiger partial charge in [0.25, 0.3) is 0 Å². The third-order valence-corrected chi connectivity index (χ3v) is 6.13. The van der Waals surface area contributed by atoms with E-state index < -0.39 is 0 Å². The predicted octanol–water partition coefficient (Wildman–Crippen LogP) is 4.33. The minimum Gasteiger partial charge on any atom is -0.393 e. The average molecular weight is 364 g/mol. The molecule has 1 aliphatic carbocycles. The van der Waals surface area contributed by atoms with Crippen molar-refractivity contribution in [2.45, 2.75) is 37.8 Å². The number of rotatable bonds is 3. The lowest BCUT2D eigenvalue weighted by molar-refractivity contribution is 0.126. The van der Waals surface area contributed by atoms with Crippen LogP contribution in [-0.2, 0) is 0 Å². The van der Waals surface area contributed by atoms with Crippen molar-refractivity contribution in [1.82, 2.24) is 14.6 Å². The van der Waals surface area contributed by atoms with E-state index in [0.29, 0.717) is 6.04 Å². The van der Waals surface area contributed by atoms with E-state index >= 15 is 0 Å². The van der Waals surface area contributed by atoms with Gasteiger partial charge in [0.15, 0.2) is 5.65 Å². The van der Waals surface area contributed by atoms with Gasteiger partial charge in [0.1, 0.15) is 5.82 Å². The third kappa shape index (κ3) is 2.75. The number of nitrogens with one attached hydrogen (secondary N) is 1.